The van der Waals surface area contributed by atoms with Gasteiger partial charge in [-0.05, 0) is 44.5 Å². The molecule has 0 saturated heterocycles. The second-order valence-corrected chi connectivity index (χ2v) is 8.66. The zero-order valence-corrected chi connectivity index (χ0v) is 13.8. The Hall–Kier alpha value is -2.13. The van der Waals surface area contributed by atoms with Gasteiger partial charge in [-0.3, -0.25) is 4.79 Å². The van der Waals surface area contributed by atoms with Crippen molar-refractivity contribution in [3.63, 3.8) is 0 Å². The van der Waals surface area contributed by atoms with Crippen molar-refractivity contribution in [1.82, 2.24) is 5.32 Å². The van der Waals surface area contributed by atoms with Gasteiger partial charge in [-0.2, -0.15) is 5.26 Å². The van der Waals surface area contributed by atoms with Crippen LogP contribution in [-0.2, 0) is 14.6 Å². The van der Waals surface area contributed by atoms with Crippen molar-refractivity contribution >= 4 is 21.8 Å². The smallest absolute Gasteiger partial charge is 0.244 e. The number of benzene rings is 1. The minimum atomic E-state index is -3.24. The van der Waals surface area contributed by atoms with Gasteiger partial charge in [0.25, 0.3) is 0 Å². The van der Waals surface area contributed by atoms with Gasteiger partial charge in [0, 0.05) is 12.6 Å². The van der Waals surface area contributed by atoms with Gasteiger partial charge in [0.2, 0.25) is 5.91 Å². The standard InChI is InChI=1S/C16H20N2O3S/c1-16(2,3)22(20,21)10-9-18-15(19)8-7-13-5-4-6-14(11-13)12-17/h4-8,11H,9-10H2,1-3H3,(H,18,19). The molecule has 0 aliphatic carbocycles. The van der Waals surface area contributed by atoms with Crippen LogP contribution < -0.4 is 5.32 Å². The number of carbonyl (C=O) groups is 1. The second-order valence-electron chi connectivity index (χ2n) is 5.79. The molecule has 118 valence electrons. The zero-order chi connectivity index (χ0) is 16.8. The molecule has 1 N–H and O–H groups in total. The number of nitriles is 1. The van der Waals surface area contributed by atoms with Crippen LogP contribution in [0.4, 0.5) is 0 Å². The van der Waals surface area contributed by atoms with E-state index in [1.807, 2.05) is 6.07 Å². The van der Waals surface area contributed by atoms with E-state index in [0.717, 1.165) is 5.56 Å². The summed E-state index contributed by atoms with van der Waals surface area (Å²) in [7, 11) is -3.24. The molecule has 0 spiro atoms. The second kappa shape index (κ2) is 7.23. The predicted molar refractivity (Wildman–Crippen MR) is 86.7 cm³/mol. The van der Waals surface area contributed by atoms with Crippen molar-refractivity contribution in [3.8, 4) is 6.07 Å². The van der Waals surface area contributed by atoms with Gasteiger partial charge in [-0.1, -0.05) is 12.1 Å². The van der Waals surface area contributed by atoms with Crippen molar-refractivity contribution in [2.45, 2.75) is 25.5 Å². The van der Waals surface area contributed by atoms with Gasteiger partial charge in [0.05, 0.1) is 22.1 Å². The Balaban J connectivity index is 2.54. The highest BCUT2D eigenvalue weighted by Crippen LogP contribution is 2.15. The van der Waals surface area contributed by atoms with E-state index in [-0.39, 0.29) is 18.2 Å². The lowest BCUT2D eigenvalue weighted by Crippen LogP contribution is -2.36. The highest BCUT2D eigenvalue weighted by molar-refractivity contribution is 7.92. The molecule has 0 saturated carbocycles. The molecule has 0 fully saturated rings. The van der Waals surface area contributed by atoms with Gasteiger partial charge < -0.3 is 5.32 Å². The number of hydrogen-bond donors (Lipinski definition) is 1. The zero-order valence-electron chi connectivity index (χ0n) is 13.0. The molecule has 1 aromatic carbocycles. The van der Waals surface area contributed by atoms with Crippen molar-refractivity contribution < 1.29 is 13.2 Å². The topological polar surface area (TPSA) is 87.0 Å². The van der Waals surface area contributed by atoms with E-state index < -0.39 is 14.6 Å². The summed E-state index contributed by atoms with van der Waals surface area (Å²) in [5, 5.41) is 11.3. The molecular formula is C16H20N2O3S. The molecule has 0 aromatic heterocycles. The molecule has 6 heteroatoms. The third-order valence-electron chi connectivity index (χ3n) is 3.05. The lowest BCUT2D eigenvalue weighted by atomic mass is 10.1. The van der Waals surface area contributed by atoms with Crippen molar-refractivity contribution in [2.24, 2.45) is 0 Å². The van der Waals surface area contributed by atoms with Gasteiger partial charge in [-0.15, -0.1) is 0 Å². The highest BCUT2D eigenvalue weighted by atomic mass is 32.2. The minimum absolute atomic E-state index is 0.0704. The first kappa shape index (κ1) is 17.9. The number of nitrogens with one attached hydrogen (secondary N) is 1. The molecular weight excluding hydrogens is 300 g/mol. The van der Waals surface area contributed by atoms with E-state index in [0.29, 0.717) is 5.56 Å². The van der Waals surface area contributed by atoms with Crippen LogP contribution in [0.25, 0.3) is 6.08 Å². The van der Waals surface area contributed by atoms with Gasteiger partial charge in [0.1, 0.15) is 0 Å². The summed E-state index contributed by atoms with van der Waals surface area (Å²) in [4.78, 5) is 11.6. The van der Waals surface area contributed by atoms with E-state index in [1.165, 1.54) is 6.08 Å². The van der Waals surface area contributed by atoms with Crippen LogP contribution in [0.1, 0.15) is 31.9 Å². The molecule has 0 heterocycles. The fourth-order valence-electron chi connectivity index (χ4n) is 1.56. The number of sulfone groups is 1. The Bertz CT molecular complexity index is 708. The SMILES string of the molecule is CC(C)(C)S(=O)(=O)CCNC(=O)C=Cc1cccc(C#N)c1. The summed E-state index contributed by atoms with van der Waals surface area (Å²) in [5.74, 6) is -0.466. The molecule has 0 unspecified atom stereocenters. The lowest BCUT2D eigenvalue weighted by molar-refractivity contribution is -0.116. The molecule has 0 aliphatic rings. The Labute approximate surface area is 131 Å². The highest BCUT2D eigenvalue weighted by Gasteiger charge is 2.28. The summed E-state index contributed by atoms with van der Waals surface area (Å²) in [5.41, 5.74) is 1.25. The summed E-state index contributed by atoms with van der Waals surface area (Å²) < 4.78 is 22.9. The maximum absolute atomic E-state index is 11.9. The van der Waals surface area contributed by atoms with Crippen LogP contribution in [0, 0.1) is 11.3 Å². The molecule has 22 heavy (non-hydrogen) atoms. The van der Waals surface area contributed by atoms with Crippen LogP contribution in [-0.4, -0.2) is 31.4 Å². The van der Waals surface area contributed by atoms with Crippen LogP contribution in [0.15, 0.2) is 30.3 Å². The Morgan fingerprint density at radius 1 is 1.36 bits per heavy atom. The summed E-state index contributed by atoms with van der Waals surface area (Å²) >= 11 is 0. The molecule has 1 amide bonds. The lowest BCUT2D eigenvalue weighted by Gasteiger charge is -2.18. The fraction of sp³-hybridized carbons (Fsp3) is 0.375. The van der Waals surface area contributed by atoms with E-state index in [9.17, 15) is 13.2 Å². The first-order valence-corrected chi connectivity index (χ1v) is 8.49. The van der Waals surface area contributed by atoms with Gasteiger partial charge >= 0.3 is 0 Å². The first-order valence-electron chi connectivity index (χ1n) is 6.84. The number of nitrogens with zero attached hydrogens (tertiary/aromatic N) is 1. The average molecular weight is 320 g/mol. The van der Waals surface area contributed by atoms with E-state index in [4.69, 9.17) is 5.26 Å². The fourth-order valence-corrected chi connectivity index (χ4v) is 2.54. The summed E-state index contributed by atoms with van der Waals surface area (Å²) in [6.07, 6.45) is 2.90. The molecule has 0 atom stereocenters. The summed E-state index contributed by atoms with van der Waals surface area (Å²) in [6.45, 7) is 4.96. The van der Waals surface area contributed by atoms with Crippen LogP contribution in [0.2, 0.25) is 0 Å². The molecule has 1 rings (SSSR count). The van der Waals surface area contributed by atoms with E-state index in [1.54, 1.807) is 51.1 Å². The third-order valence-corrected chi connectivity index (χ3v) is 5.65. The number of amides is 1. The Morgan fingerprint density at radius 2 is 2.05 bits per heavy atom. The van der Waals surface area contributed by atoms with E-state index >= 15 is 0 Å². The predicted octanol–water partition coefficient (Wildman–Crippen LogP) is 1.90. The number of rotatable bonds is 5. The number of carbonyl (C=O) groups excluding carboxylic acids is 1. The third kappa shape index (κ3) is 5.34. The number of hydrogen-bond acceptors (Lipinski definition) is 4. The van der Waals surface area contributed by atoms with Crippen LogP contribution in [0.5, 0.6) is 0 Å². The average Bonchev–Trinajstić information content (AvgIpc) is 2.44. The van der Waals surface area contributed by atoms with Crippen molar-refractivity contribution in [1.29, 1.82) is 5.26 Å². The normalized spacial score (nSPS) is 12.1. The molecule has 0 bridgehead atoms. The quantitative estimate of drug-likeness (QED) is 0.839. The molecule has 1 aromatic rings. The van der Waals surface area contributed by atoms with Gasteiger partial charge in [-0.25, -0.2) is 8.42 Å². The largest absolute Gasteiger partial charge is 0.352 e. The van der Waals surface area contributed by atoms with Crippen LogP contribution >= 0.6 is 0 Å². The van der Waals surface area contributed by atoms with E-state index in [2.05, 4.69) is 5.32 Å². The van der Waals surface area contributed by atoms with Crippen molar-refractivity contribution in [2.75, 3.05) is 12.3 Å². The van der Waals surface area contributed by atoms with Crippen molar-refractivity contribution in [3.05, 3.63) is 41.5 Å². The van der Waals surface area contributed by atoms with Gasteiger partial charge in [0.15, 0.2) is 9.84 Å². The maximum Gasteiger partial charge on any atom is 0.244 e. The first-order chi connectivity index (χ1) is 10.2. The van der Waals surface area contributed by atoms with Crippen LogP contribution in [0.3, 0.4) is 0 Å². The Morgan fingerprint density at radius 3 is 2.64 bits per heavy atom. The maximum atomic E-state index is 11.9. The minimum Gasteiger partial charge on any atom is -0.352 e. The molecule has 0 radical (unpaired) electrons. The molecule has 5 nitrogen and oxygen atoms in total. The monoisotopic (exact) mass is 320 g/mol. The molecule has 0 aliphatic heterocycles. The Kier molecular flexibility index (Phi) is 5.89. The summed E-state index contributed by atoms with van der Waals surface area (Å²) in [6, 6.07) is 8.86.